The molecule has 1 fully saturated rings. The van der Waals surface area contributed by atoms with Gasteiger partial charge in [-0.25, -0.2) is 13.1 Å². The molecule has 0 saturated carbocycles. The van der Waals surface area contributed by atoms with Crippen molar-refractivity contribution in [2.45, 2.75) is 23.1 Å². The zero-order chi connectivity index (χ0) is 18.9. The van der Waals surface area contributed by atoms with E-state index in [0.717, 1.165) is 24.4 Å². The third-order valence-electron chi connectivity index (χ3n) is 5.23. The number of fused-ring (bicyclic) bond motifs is 1. The molecule has 4 rings (SSSR count). The van der Waals surface area contributed by atoms with E-state index >= 15 is 0 Å². The predicted octanol–water partition coefficient (Wildman–Crippen LogP) is 3.25. The third-order valence-corrected chi connectivity index (χ3v) is 8.37. The molecular formula is C20H22ClN2O2S2+. The highest BCUT2D eigenvalue weighted by Crippen LogP contribution is 2.26. The second kappa shape index (κ2) is 7.89. The number of nitrogens with one attached hydrogen (secondary N) is 2. The van der Waals surface area contributed by atoms with Crippen LogP contribution in [0.1, 0.15) is 24.4 Å². The number of hydrogen-bond acceptors (Lipinski definition) is 3. The first-order valence-electron chi connectivity index (χ1n) is 9.12. The van der Waals surface area contributed by atoms with E-state index in [1.807, 2.05) is 12.1 Å². The fraction of sp³-hybridized carbons (Fsp3) is 0.300. The average molecular weight is 422 g/mol. The predicted molar refractivity (Wildman–Crippen MR) is 111 cm³/mol. The Hall–Kier alpha value is -1.44. The van der Waals surface area contributed by atoms with Crippen LogP contribution in [0.4, 0.5) is 0 Å². The molecule has 1 aliphatic heterocycles. The summed E-state index contributed by atoms with van der Waals surface area (Å²) in [5, 5.41) is 2.38. The summed E-state index contributed by atoms with van der Waals surface area (Å²) in [5.41, 5.74) is 1.21. The molecule has 2 heterocycles. The number of rotatable bonds is 6. The molecule has 142 valence electrons. The van der Waals surface area contributed by atoms with E-state index in [4.69, 9.17) is 11.6 Å². The minimum Gasteiger partial charge on any atom is -0.328 e. The normalized spacial score (nSPS) is 16.8. The van der Waals surface area contributed by atoms with E-state index in [1.54, 1.807) is 12.1 Å². The zero-order valence-corrected chi connectivity index (χ0v) is 17.2. The van der Waals surface area contributed by atoms with E-state index in [2.05, 4.69) is 35.1 Å². The smallest absolute Gasteiger partial charge is 0.250 e. The highest BCUT2D eigenvalue weighted by Gasteiger charge is 2.30. The fourth-order valence-electron chi connectivity index (χ4n) is 3.91. The molecule has 27 heavy (non-hydrogen) atoms. The van der Waals surface area contributed by atoms with Crippen molar-refractivity contribution in [1.82, 2.24) is 4.72 Å². The van der Waals surface area contributed by atoms with Crippen LogP contribution >= 0.6 is 22.9 Å². The highest BCUT2D eigenvalue weighted by molar-refractivity contribution is 7.91. The molecule has 1 aromatic heterocycles. The van der Waals surface area contributed by atoms with Gasteiger partial charge in [0, 0.05) is 18.4 Å². The molecule has 7 heteroatoms. The van der Waals surface area contributed by atoms with Crippen LogP contribution in [0.3, 0.4) is 0 Å². The molecule has 2 aromatic carbocycles. The van der Waals surface area contributed by atoms with Crippen molar-refractivity contribution in [3.8, 4) is 0 Å². The SMILES string of the molecule is O=S(=O)(NC[C@@H](c1cccc2ccccc12)[NH+]1CCCC1)c1ccc(Cl)s1. The van der Waals surface area contributed by atoms with Crippen molar-refractivity contribution in [2.24, 2.45) is 0 Å². The minimum absolute atomic E-state index is 0.0869. The Morgan fingerprint density at radius 3 is 2.52 bits per heavy atom. The molecular weight excluding hydrogens is 400 g/mol. The van der Waals surface area contributed by atoms with Gasteiger partial charge in [-0.05, 0) is 22.9 Å². The van der Waals surface area contributed by atoms with Gasteiger partial charge < -0.3 is 4.90 Å². The summed E-state index contributed by atoms with van der Waals surface area (Å²) in [6.07, 6.45) is 2.37. The van der Waals surface area contributed by atoms with Gasteiger partial charge in [-0.3, -0.25) is 0 Å². The topological polar surface area (TPSA) is 50.6 Å². The lowest BCUT2D eigenvalue weighted by molar-refractivity contribution is -0.918. The maximum Gasteiger partial charge on any atom is 0.250 e. The zero-order valence-electron chi connectivity index (χ0n) is 14.8. The molecule has 0 aliphatic carbocycles. The van der Waals surface area contributed by atoms with Gasteiger partial charge in [0.2, 0.25) is 10.0 Å². The summed E-state index contributed by atoms with van der Waals surface area (Å²) in [7, 11) is -3.55. The van der Waals surface area contributed by atoms with Crippen molar-refractivity contribution in [3.05, 3.63) is 64.5 Å². The van der Waals surface area contributed by atoms with Crippen LogP contribution in [0.15, 0.2) is 58.8 Å². The first kappa shape index (κ1) is 18.9. The van der Waals surface area contributed by atoms with Gasteiger partial charge >= 0.3 is 0 Å². The molecule has 1 aliphatic rings. The summed E-state index contributed by atoms with van der Waals surface area (Å²) >= 11 is 7.00. The Kier molecular flexibility index (Phi) is 5.53. The molecule has 0 bridgehead atoms. The van der Waals surface area contributed by atoms with Crippen LogP contribution in [0, 0.1) is 0 Å². The number of halogens is 1. The molecule has 1 saturated heterocycles. The molecule has 3 aromatic rings. The van der Waals surface area contributed by atoms with Gasteiger partial charge in [-0.15, -0.1) is 11.3 Å². The van der Waals surface area contributed by atoms with Crippen molar-refractivity contribution >= 4 is 43.7 Å². The van der Waals surface area contributed by atoms with E-state index in [-0.39, 0.29) is 10.3 Å². The average Bonchev–Trinajstić information content (AvgIpc) is 3.34. The van der Waals surface area contributed by atoms with Crippen molar-refractivity contribution in [3.63, 3.8) is 0 Å². The van der Waals surface area contributed by atoms with Crippen LogP contribution < -0.4 is 9.62 Å². The first-order chi connectivity index (χ1) is 13.0. The Labute approximate surface area is 168 Å². The summed E-state index contributed by atoms with van der Waals surface area (Å²) < 4.78 is 29.0. The van der Waals surface area contributed by atoms with Crippen LogP contribution in [0.2, 0.25) is 4.34 Å². The standard InChI is InChI=1S/C20H21ClN2O2S2/c21-19-10-11-20(26-19)27(24,25)22-14-18(23-12-3-4-13-23)17-9-5-7-15-6-1-2-8-16(15)17/h1-2,5-11,18,22H,3-4,12-14H2/p+1/t18-/m0/s1. The Morgan fingerprint density at radius 2 is 1.78 bits per heavy atom. The van der Waals surface area contributed by atoms with Gasteiger partial charge in [0.1, 0.15) is 10.3 Å². The lowest BCUT2D eigenvalue weighted by Crippen LogP contribution is -3.11. The Balaban J connectivity index is 1.66. The second-order valence-corrected chi connectivity index (χ2v) is 10.6. The highest BCUT2D eigenvalue weighted by atomic mass is 35.5. The molecule has 0 radical (unpaired) electrons. The van der Waals surface area contributed by atoms with Gasteiger partial charge in [-0.1, -0.05) is 54.1 Å². The van der Waals surface area contributed by atoms with E-state index < -0.39 is 10.0 Å². The Morgan fingerprint density at radius 1 is 1.04 bits per heavy atom. The number of benzene rings is 2. The number of likely N-dealkylation sites (tertiary alicyclic amines) is 1. The molecule has 4 nitrogen and oxygen atoms in total. The van der Waals surface area contributed by atoms with Crippen molar-refractivity contribution in [1.29, 1.82) is 0 Å². The number of quaternary nitrogens is 1. The first-order valence-corrected chi connectivity index (χ1v) is 11.8. The van der Waals surface area contributed by atoms with Gasteiger partial charge in [0.15, 0.2) is 0 Å². The fourth-order valence-corrected chi connectivity index (χ4v) is 6.49. The van der Waals surface area contributed by atoms with Gasteiger partial charge in [-0.2, -0.15) is 0 Å². The maximum atomic E-state index is 12.7. The van der Waals surface area contributed by atoms with Gasteiger partial charge in [0.25, 0.3) is 0 Å². The molecule has 0 unspecified atom stereocenters. The maximum absolute atomic E-state index is 12.7. The number of thiophene rings is 1. The Bertz CT molecular complexity index is 1040. The number of sulfonamides is 1. The summed E-state index contributed by atoms with van der Waals surface area (Å²) in [6, 6.07) is 17.9. The van der Waals surface area contributed by atoms with Crippen molar-refractivity contribution in [2.75, 3.05) is 19.6 Å². The van der Waals surface area contributed by atoms with E-state index in [0.29, 0.717) is 10.9 Å². The van der Waals surface area contributed by atoms with E-state index in [1.165, 1.54) is 34.1 Å². The summed E-state index contributed by atoms with van der Waals surface area (Å²) in [4.78, 5) is 1.44. The third kappa shape index (κ3) is 4.05. The van der Waals surface area contributed by atoms with Crippen molar-refractivity contribution < 1.29 is 13.3 Å². The lowest BCUT2D eigenvalue weighted by Gasteiger charge is -2.26. The molecule has 1 atom stereocenters. The molecule has 0 spiro atoms. The quantitative estimate of drug-likeness (QED) is 0.641. The number of hydrogen-bond donors (Lipinski definition) is 2. The molecule has 2 N–H and O–H groups in total. The summed E-state index contributed by atoms with van der Waals surface area (Å²) in [5.74, 6) is 0. The second-order valence-electron chi connectivity index (χ2n) is 6.90. The van der Waals surface area contributed by atoms with E-state index in [9.17, 15) is 8.42 Å². The largest absolute Gasteiger partial charge is 0.328 e. The van der Waals surface area contributed by atoms with Gasteiger partial charge in [0.05, 0.1) is 24.0 Å². The molecule has 0 amide bonds. The van der Waals surface area contributed by atoms with Crippen LogP contribution in [-0.4, -0.2) is 28.1 Å². The van der Waals surface area contributed by atoms with Crippen LogP contribution in [0.5, 0.6) is 0 Å². The monoisotopic (exact) mass is 421 g/mol. The van der Waals surface area contributed by atoms with Crippen LogP contribution in [-0.2, 0) is 10.0 Å². The lowest BCUT2D eigenvalue weighted by atomic mass is 9.98. The van der Waals surface area contributed by atoms with Crippen LogP contribution in [0.25, 0.3) is 10.8 Å². The summed E-state index contributed by atoms with van der Waals surface area (Å²) in [6.45, 7) is 2.52. The minimum atomic E-state index is -3.55.